The van der Waals surface area contributed by atoms with Gasteiger partial charge in [0.1, 0.15) is 0 Å². The molecule has 104 valence electrons. The van der Waals surface area contributed by atoms with Gasteiger partial charge < -0.3 is 25.1 Å². The molecular weight excluding hydrogens is 250 g/mol. The van der Waals surface area contributed by atoms with Gasteiger partial charge in [-0.25, -0.2) is 0 Å². The fourth-order valence-corrected chi connectivity index (χ4v) is 2.05. The van der Waals surface area contributed by atoms with E-state index in [-0.39, 0.29) is 31.7 Å². The summed E-state index contributed by atoms with van der Waals surface area (Å²) in [5.74, 6) is 0.592. The van der Waals surface area contributed by atoms with Crippen molar-refractivity contribution in [2.24, 2.45) is 5.73 Å². The molecule has 1 heterocycles. The lowest BCUT2D eigenvalue weighted by atomic mass is 9.89. The summed E-state index contributed by atoms with van der Waals surface area (Å²) >= 11 is 0. The predicted octanol–water partition coefficient (Wildman–Crippen LogP) is 0.382. The van der Waals surface area contributed by atoms with Crippen molar-refractivity contribution in [3.63, 3.8) is 0 Å². The van der Waals surface area contributed by atoms with Crippen LogP contribution in [-0.2, 0) is 9.53 Å². The normalized spacial score (nSPS) is 15.9. The first-order valence-electron chi connectivity index (χ1n) is 5.98. The van der Waals surface area contributed by atoms with E-state index in [9.17, 15) is 9.90 Å². The largest absolute Gasteiger partial charge is 0.469 e. The van der Waals surface area contributed by atoms with Crippen molar-refractivity contribution in [1.29, 1.82) is 0 Å². The number of fused-ring (bicyclic) bond motifs is 1. The van der Waals surface area contributed by atoms with Crippen molar-refractivity contribution in [2.75, 3.05) is 20.5 Å². The number of carbonyl (C=O) groups is 1. The average Bonchev–Trinajstić information content (AvgIpc) is 2.90. The van der Waals surface area contributed by atoms with Gasteiger partial charge in [-0.15, -0.1) is 0 Å². The topological polar surface area (TPSA) is 91.0 Å². The Hall–Kier alpha value is -1.79. The number of carbonyl (C=O) groups excluding carboxylic acids is 1. The zero-order valence-corrected chi connectivity index (χ0v) is 10.7. The van der Waals surface area contributed by atoms with Gasteiger partial charge in [0.05, 0.1) is 20.1 Å². The van der Waals surface area contributed by atoms with E-state index in [1.165, 1.54) is 7.11 Å². The lowest BCUT2D eigenvalue weighted by Gasteiger charge is -2.22. The van der Waals surface area contributed by atoms with Gasteiger partial charge in [0.15, 0.2) is 11.5 Å². The smallest absolute Gasteiger partial charge is 0.306 e. The molecule has 19 heavy (non-hydrogen) atoms. The third-order valence-electron chi connectivity index (χ3n) is 3.17. The number of hydrogen-bond acceptors (Lipinski definition) is 6. The molecular formula is C13H17NO5. The maximum atomic E-state index is 11.4. The first kappa shape index (κ1) is 13.6. The molecule has 0 aliphatic carbocycles. The number of methoxy groups -OCH3 is 1. The molecule has 6 nitrogen and oxygen atoms in total. The van der Waals surface area contributed by atoms with Crippen LogP contribution in [0.1, 0.15) is 17.9 Å². The standard InChI is InChI=1S/C13H17NO5/c1-17-13(16)5-9(10(14)6-15)8-2-3-11-12(4-8)19-7-18-11/h2-4,9-10,15H,5-7,14H2,1H3/t9-,10+/m1/s1. The van der Waals surface area contributed by atoms with Crippen LogP contribution in [-0.4, -0.2) is 37.6 Å². The first-order chi connectivity index (χ1) is 9.15. The van der Waals surface area contributed by atoms with Gasteiger partial charge in [0, 0.05) is 12.0 Å². The highest BCUT2D eigenvalue weighted by atomic mass is 16.7. The van der Waals surface area contributed by atoms with Gasteiger partial charge in [-0.05, 0) is 17.7 Å². The van der Waals surface area contributed by atoms with E-state index in [0.29, 0.717) is 11.5 Å². The Kier molecular flexibility index (Phi) is 4.24. The fourth-order valence-electron chi connectivity index (χ4n) is 2.05. The van der Waals surface area contributed by atoms with Gasteiger partial charge >= 0.3 is 5.97 Å². The molecule has 0 saturated heterocycles. The highest BCUT2D eigenvalue weighted by molar-refractivity contribution is 5.70. The quantitative estimate of drug-likeness (QED) is 0.749. The van der Waals surface area contributed by atoms with Crippen molar-refractivity contribution in [1.82, 2.24) is 0 Å². The van der Waals surface area contributed by atoms with Crippen LogP contribution in [0.25, 0.3) is 0 Å². The monoisotopic (exact) mass is 267 g/mol. The highest BCUT2D eigenvalue weighted by Crippen LogP contribution is 2.36. The fraction of sp³-hybridized carbons (Fsp3) is 0.462. The summed E-state index contributed by atoms with van der Waals surface area (Å²) in [7, 11) is 1.32. The summed E-state index contributed by atoms with van der Waals surface area (Å²) in [5, 5.41) is 9.21. The van der Waals surface area contributed by atoms with E-state index in [1.54, 1.807) is 12.1 Å². The maximum Gasteiger partial charge on any atom is 0.306 e. The Morgan fingerprint density at radius 1 is 1.47 bits per heavy atom. The van der Waals surface area contributed by atoms with Crippen LogP contribution in [0.5, 0.6) is 11.5 Å². The van der Waals surface area contributed by atoms with E-state index in [2.05, 4.69) is 4.74 Å². The number of rotatable bonds is 5. The molecule has 0 unspecified atom stereocenters. The molecule has 3 N–H and O–H groups in total. The Bertz CT molecular complexity index is 462. The number of benzene rings is 1. The minimum atomic E-state index is -0.542. The molecule has 6 heteroatoms. The summed E-state index contributed by atoms with van der Waals surface area (Å²) in [4.78, 5) is 11.4. The molecule has 1 aromatic rings. The molecule has 2 atom stereocenters. The molecule has 0 amide bonds. The van der Waals surface area contributed by atoms with Gasteiger partial charge in [-0.1, -0.05) is 6.07 Å². The van der Waals surface area contributed by atoms with Crippen LogP contribution in [0.15, 0.2) is 18.2 Å². The second kappa shape index (κ2) is 5.90. The van der Waals surface area contributed by atoms with Gasteiger partial charge in [-0.2, -0.15) is 0 Å². The number of hydrogen-bond donors (Lipinski definition) is 2. The third kappa shape index (κ3) is 2.97. The third-order valence-corrected chi connectivity index (χ3v) is 3.17. The number of aliphatic hydroxyl groups is 1. The summed E-state index contributed by atoms with van der Waals surface area (Å²) in [5.41, 5.74) is 6.68. The summed E-state index contributed by atoms with van der Waals surface area (Å²) in [6.45, 7) is -0.0252. The lowest BCUT2D eigenvalue weighted by molar-refractivity contribution is -0.141. The van der Waals surface area contributed by atoms with Gasteiger partial charge in [0.2, 0.25) is 6.79 Å². The van der Waals surface area contributed by atoms with Crippen LogP contribution in [0.4, 0.5) is 0 Å². The molecule has 0 radical (unpaired) electrons. The van der Waals surface area contributed by atoms with Crippen molar-refractivity contribution in [2.45, 2.75) is 18.4 Å². The molecule has 0 spiro atoms. The molecule has 0 aromatic heterocycles. The zero-order chi connectivity index (χ0) is 13.8. The number of aliphatic hydroxyl groups excluding tert-OH is 1. The number of esters is 1. The van der Waals surface area contributed by atoms with Crippen molar-refractivity contribution in [3.8, 4) is 11.5 Å². The molecule has 1 aliphatic rings. The van der Waals surface area contributed by atoms with Crippen LogP contribution in [0, 0.1) is 0 Å². The Balaban J connectivity index is 2.24. The van der Waals surface area contributed by atoms with E-state index < -0.39 is 6.04 Å². The Labute approximate surface area is 111 Å². The Morgan fingerprint density at radius 2 is 2.21 bits per heavy atom. The SMILES string of the molecule is COC(=O)C[C@H](c1ccc2c(c1)OCO2)[C@@H](N)CO. The minimum absolute atomic E-state index is 0.109. The maximum absolute atomic E-state index is 11.4. The van der Waals surface area contributed by atoms with E-state index in [0.717, 1.165) is 5.56 Å². The summed E-state index contributed by atoms with van der Waals surface area (Å²) in [6, 6.07) is 4.83. The average molecular weight is 267 g/mol. The van der Waals surface area contributed by atoms with Gasteiger partial charge in [-0.3, -0.25) is 4.79 Å². The van der Waals surface area contributed by atoms with Crippen LogP contribution < -0.4 is 15.2 Å². The molecule has 2 rings (SSSR count). The number of ether oxygens (including phenoxy) is 3. The molecule has 0 bridgehead atoms. The molecule has 1 aliphatic heterocycles. The summed E-state index contributed by atoms with van der Waals surface area (Å²) in [6.07, 6.45) is 0.109. The minimum Gasteiger partial charge on any atom is -0.469 e. The van der Waals surface area contributed by atoms with Crippen molar-refractivity contribution in [3.05, 3.63) is 23.8 Å². The molecule has 0 saturated carbocycles. The molecule has 1 aromatic carbocycles. The van der Waals surface area contributed by atoms with Crippen LogP contribution in [0.2, 0.25) is 0 Å². The lowest BCUT2D eigenvalue weighted by Crippen LogP contribution is -2.33. The van der Waals surface area contributed by atoms with Crippen LogP contribution in [0.3, 0.4) is 0 Å². The summed E-state index contributed by atoms with van der Waals surface area (Å²) < 4.78 is 15.2. The van der Waals surface area contributed by atoms with Gasteiger partial charge in [0.25, 0.3) is 0 Å². The molecule has 0 fully saturated rings. The van der Waals surface area contributed by atoms with E-state index >= 15 is 0 Å². The van der Waals surface area contributed by atoms with E-state index in [4.69, 9.17) is 15.2 Å². The van der Waals surface area contributed by atoms with E-state index in [1.807, 2.05) is 6.07 Å². The second-order valence-corrected chi connectivity index (χ2v) is 4.35. The van der Waals surface area contributed by atoms with Crippen LogP contribution >= 0.6 is 0 Å². The second-order valence-electron chi connectivity index (χ2n) is 4.35. The highest BCUT2D eigenvalue weighted by Gasteiger charge is 2.25. The van der Waals surface area contributed by atoms with Crippen molar-refractivity contribution >= 4 is 5.97 Å². The Morgan fingerprint density at radius 3 is 2.89 bits per heavy atom. The van der Waals surface area contributed by atoms with Crippen molar-refractivity contribution < 1.29 is 24.1 Å². The zero-order valence-electron chi connectivity index (χ0n) is 10.7. The first-order valence-corrected chi connectivity index (χ1v) is 5.98. The number of nitrogens with two attached hydrogens (primary N) is 1. The predicted molar refractivity (Wildman–Crippen MR) is 67.0 cm³/mol.